The SMILES string of the molecule is C[C@]1(OC(=O)c2ccc([N+](=O)[O-])cc2)C[C@@H]2C[C@@H]1c1ccccc12. The molecule has 0 heterocycles. The maximum absolute atomic E-state index is 12.5. The summed E-state index contributed by atoms with van der Waals surface area (Å²) in [6, 6.07) is 13.9. The Labute approximate surface area is 139 Å². The van der Waals surface area contributed by atoms with Crippen LogP contribution in [0.2, 0.25) is 0 Å². The van der Waals surface area contributed by atoms with Gasteiger partial charge in [-0.1, -0.05) is 24.3 Å². The standard InChI is InChI=1S/C19H17NO4/c1-19(11-13-10-17(19)16-5-3-2-4-15(13)16)24-18(21)12-6-8-14(9-7-12)20(22)23/h2-9,13,17H,10-11H2,1H3/t13-,17+,19-/m0/s1. The van der Waals surface area contributed by atoms with Gasteiger partial charge < -0.3 is 4.74 Å². The Kier molecular flexibility index (Phi) is 3.20. The number of ether oxygens (including phenoxy) is 1. The summed E-state index contributed by atoms with van der Waals surface area (Å²) >= 11 is 0. The molecule has 2 aliphatic carbocycles. The lowest BCUT2D eigenvalue weighted by Crippen LogP contribution is -2.36. The molecule has 5 nitrogen and oxygen atoms in total. The highest BCUT2D eigenvalue weighted by Crippen LogP contribution is 2.59. The minimum absolute atomic E-state index is 0.0355. The second-order valence-corrected chi connectivity index (χ2v) is 6.82. The molecule has 2 aromatic carbocycles. The van der Waals surface area contributed by atoms with E-state index in [2.05, 4.69) is 18.2 Å². The minimum atomic E-state index is -0.516. The van der Waals surface area contributed by atoms with Crippen molar-refractivity contribution in [2.45, 2.75) is 37.2 Å². The molecule has 0 radical (unpaired) electrons. The molecule has 0 aliphatic heterocycles. The number of nitrogens with zero attached hydrogens (tertiary/aromatic N) is 1. The number of benzene rings is 2. The van der Waals surface area contributed by atoms with Gasteiger partial charge in [-0.3, -0.25) is 10.1 Å². The van der Waals surface area contributed by atoms with Crippen LogP contribution in [0.4, 0.5) is 5.69 Å². The van der Waals surface area contributed by atoms with Crippen LogP contribution in [0, 0.1) is 10.1 Å². The molecule has 0 aromatic heterocycles. The molecule has 0 saturated heterocycles. The second kappa shape index (κ2) is 5.16. The molecule has 0 N–H and O–H groups in total. The Morgan fingerprint density at radius 3 is 2.50 bits per heavy atom. The number of carbonyl (C=O) groups is 1. The summed E-state index contributed by atoms with van der Waals surface area (Å²) in [5.41, 5.74) is 2.46. The summed E-state index contributed by atoms with van der Waals surface area (Å²) < 4.78 is 5.87. The molecule has 3 atom stereocenters. The summed E-state index contributed by atoms with van der Waals surface area (Å²) in [7, 11) is 0. The van der Waals surface area contributed by atoms with Crippen LogP contribution in [-0.2, 0) is 4.74 Å². The van der Waals surface area contributed by atoms with E-state index in [4.69, 9.17) is 4.74 Å². The first-order chi connectivity index (χ1) is 11.5. The summed E-state index contributed by atoms with van der Waals surface area (Å²) in [6.45, 7) is 2.00. The van der Waals surface area contributed by atoms with E-state index in [0.29, 0.717) is 11.5 Å². The number of rotatable bonds is 3. The Hall–Kier alpha value is -2.69. The fourth-order valence-corrected chi connectivity index (χ4v) is 4.24. The fraction of sp³-hybridized carbons (Fsp3) is 0.316. The third-order valence-electron chi connectivity index (χ3n) is 5.36. The maximum Gasteiger partial charge on any atom is 0.338 e. The summed E-state index contributed by atoms with van der Waals surface area (Å²) in [4.78, 5) is 22.7. The van der Waals surface area contributed by atoms with Gasteiger partial charge in [-0.15, -0.1) is 0 Å². The van der Waals surface area contributed by atoms with Gasteiger partial charge in [-0.25, -0.2) is 4.79 Å². The van der Waals surface area contributed by atoms with Crippen molar-refractivity contribution in [3.63, 3.8) is 0 Å². The van der Waals surface area contributed by atoms with Gasteiger partial charge in [0.05, 0.1) is 10.5 Å². The first-order valence-electron chi connectivity index (χ1n) is 8.04. The van der Waals surface area contributed by atoms with E-state index in [1.54, 1.807) is 0 Å². The average Bonchev–Trinajstić information content (AvgIpc) is 3.10. The quantitative estimate of drug-likeness (QED) is 0.482. The number of hydrogen-bond donors (Lipinski definition) is 0. The van der Waals surface area contributed by atoms with Gasteiger partial charge in [0.1, 0.15) is 5.60 Å². The molecule has 0 spiro atoms. The molecule has 1 saturated carbocycles. The predicted octanol–water partition coefficient (Wildman–Crippen LogP) is 4.19. The molecule has 2 aliphatic rings. The summed E-state index contributed by atoms with van der Waals surface area (Å²) in [5.74, 6) is 0.249. The molecule has 0 unspecified atom stereocenters. The lowest BCUT2D eigenvalue weighted by molar-refractivity contribution is -0.384. The Morgan fingerprint density at radius 1 is 1.17 bits per heavy atom. The number of hydrogen-bond acceptors (Lipinski definition) is 4. The van der Waals surface area contributed by atoms with Crippen molar-refractivity contribution in [1.29, 1.82) is 0 Å². The van der Waals surface area contributed by atoms with Gasteiger partial charge in [0, 0.05) is 18.1 Å². The van der Waals surface area contributed by atoms with E-state index < -0.39 is 16.5 Å². The highest BCUT2D eigenvalue weighted by molar-refractivity contribution is 5.90. The highest BCUT2D eigenvalue weighted by atomic mass is 16.6. The molecule has 122 valence electrons. The van der Waals surface area contributed by atoms with Crippen molar-refractivity contribution in [2.24, 2.45) is 0 Å². The smallest absolute Gasteiger partial charge is 0.338 e. The van der Waals surface area contributed by atoms with Crippen LogP contribution in [0.1, 0.15) is 53.1 Å². The molecular weight excluding hydrogens is 306 g/mol. The summed E-state index contributed by atoms with van der Waals surface area (Å²) in [5, 5.41) is 10.7. The van der Waals surface area contributed by atoms with Gasteiger partial charge in [-0.05, 0) is 48.9 Å². The normalized spacial score (nSPS) is 26.9. The number of non-ortho nitro benzene ring substituents is 1. The first kappa shape index (κ1) is 14.9. The fourth-order valence-electron chi connectivity index (χ4n) is 4.24. The van der Waals surface area contributed by atoms with Crippen molar-refractivity contribution < 1.29 is 14.5 Å². The molecule has 2 bridgehead atoms. The lowest BCUT2D eigenvalue weighted by Gasteiger charge is -2.35. The van der Waals surface area contributed by atoms with Crippen molar-refractivity contribution in [1.82, 2.24) is 0 Å². The van der Waals surface area contributed by atoms with Crippen LogP contribution in [0.3, 0.4) is 0 Å². The zero-order chi connectivity index (χ0) is 16.9. The van der Waals surface area contributed by atoms with Gasteiger partial charge >= 0.3 is 5.97 Å². The van der Waals surface area contributed by atoms with Crippen molar-refractivity contribution in [3.8, 4) is 0 Å². The van der Waals surface area contributed by atoms with Gasteiger partial charge in [0.15, 0.2) is 0 Å². The zero-order valence-electron chi connectivity index (χ0n) is 13.3. The van der Waals surface area contributed by atoms with Gasteiger partial charge in [-0.2, -0.15) is 0 Å². The monoisotopic (exact) mass is 323 g/mol. The number of nitro groups is 1. The number of carbonyl (C=O) groups excluding carboxylic acids is 1. The van der Waals surface area contributed by atoms with Crippen molar-refractivity contribution in [3.05, 3.63) is 75.3 Å². The van der Waals surface area contributed by atoms with Crippen LogP contribution in [0.5, 0.6) is 0 Å². The maximum atomic E-state index is 12.5. The lowest BCUT2D eigenvalue weighted by atomic mass is 9.81. The van der Waals surface area contributed by atoms with Crippen LogP contribution in [0.15, 0.2) is 48.5 Å². The molecule has 4 rings (SSSR count). The van der Waals surface area contributed by atoms with E-state index in [-0.39, 0.29) is 11.6 Å². The average molecular weight is 323 g/mol. The van der Waals surface area contributed by atoms with Gasteiger partial charge in [0.2, 0.25) is 0 Å². The highest BCUT2D eigenvalue weighted by Gasteiger charge is 2.53. The Morgan fingerprint density at radius 2 is 1.83 bits per heavy atom. The second-order valence-electron chi connectivity index (χ2n) is 6.82. The van der Waals surface area contributed by atoms with Crippen molar-refractivity contribution in [2.75, 3.05) is 0 Å². The van der Waals surface area contributed by atoms with Crippen LogP contribution in [0.25, 0.3) is 0 Å². The van der Waals surface area contributed by atoms with E-state index in [1.807, 2.05) is 13.0 Å². The molecule has 1 fully saturated rings. The van der Waals surface area contributed by atoms with Crippen LogP contribution in [-0.4, -0.2) is 16.5 Å². The number of fused-ring (bicyclic) bond motifs is 5. The first-order valence-corrected chi connectivity index (χ1v) is 8.04. The van der Waals surface area contributed by atoms with Crippen molar-refractivity contribution >= 4 is 11.7 Å². The molecule has 0 amide bonds. The molecular formula is C19H17NO4. The Bertz CT molecular complexity index is 830. The number of esters is 1. The minimum Gasteiger partial charge on any atom is -0.455 e. The van der Waals surface area contributed by atoms with E-state index in [1.165, 1.54) is 35.4 Å². The third kappa shape index (κ3) is 2.19. The summed E-state index contributed by atoms with van der Waals surface area (Å²) in [6.07, 6.45) is 1.84. The van der Waals surface area contributed by atoms with E-state index in [9.17, 15) is 14.9 Å². The van der Waals surface area contributed by atoms with E-state index in [0.717, 1.165) is 12.8 Å². The number of nitro benzene ring substituents is 1. The largest absolute Gasteiger partial charge is 0.455 e. The van der Waals surface area contributed by atoms with E-state index >= 15 is 0 Å². The van der Waals surface area contributed by atoms with Gasteiger partial charge in [0.25, 0.3) is 5.69 Å². The zero-order valence-corrected chi connectivity index (χ0v) is 13.3. The third-order valence-corrected chi connectivity index (χ3v) is 5.36. The van der Waals surface area contributed by atoms with Crippen LogP contribution < -0.4 is 0 Å². The topological polar surface area (TPSA) is 69.4 Å². The molecule has 2 aromatic rings. The molecule has 5 heteroatoms. The molecule has 24 heavy (non-hydrogen) atoms. The Balaban J connectivity index is 1.56. The van der Waals surface area contributed by atoms with Crippen LogP contribution >= 0.6 is 0 Å². The predicted molar refractivity (Wildman–Crippen MR) is 88.1 cm³/mol.